The van der Waals surface area contributed by atoms with Gasteiger partial charge in [0.1, 0.15) is 0 Å². The number of hydrogen-bond acceptors (Lipinski definition) is 2. The molecule has 0 amide bonds. The van der Waals surface area contributed by atoms with Crippen LogP contribution in [-0.4, -0.2) is 16.2 Å². The summed E-state index contributed by atoms with van der Waals surface area (Å²) in [6, 6.07) is 3.96. The van der Waals surface area contributed by atoms with Crippen molar-refractivity contribution in [1.29, 1.82) is 0 Å². The first kappa shape index (κ1) is 9.66. The largest absolute Gasteiger partial charge is 0.392 e. The molecule has 2 nitrogen and oxygen atoms in total. The molecule has 1 heterocycles. The Hall–Kier alpha value is -0.890. The molecule has 1 aliphatic carbocycles. The topological polar surface area (TPSA) is 33.1 Å². The number of hydrogen-bond donors (Lipinski definition) is 1. The molecule has 2 rings (SSSR count). The lowest BCUT2D eigenvalue weighted by Crippen LogP contribution is -2.20. The molecule has 1 aromatic heterocycles. The number of nitrogens with zero attached hydrogens (tertiary/aromatic N) is 1. The van der Waals surface area contributed by atoms with Crippen LogP contribution in [0, 0.1) is 5.92 Å². The lowest BCUT2D eigenvalue weighted by atomic mass is 9.96. The molecule has 1 unspecified atom stereocenters. The fourth-order valence-electron chi connectivity index (χ4n) is 2.27. The van der Waals surface area contributed by atoms with E-state index < -0.39 is 0 Å². The van der Waals surface area contributed by atoms with Gasteiger partial charge in [-0.25, -0.2) is 0 Å². The SMILES string of the molecule is OC(Cc1cccnc1)C1CCCC1. The van der Waals surface area contributed by atoms with E-state index in [0.717, 1.165) is 12.0 Å². The normalized spacial score (nSPS) is 19.8. The van der Waals surface area contributed by atoms with Gasteiger partial charge >= 0.3 is 0 Å². The summed E-state index contributed by atoms with van der Waals surface area (Å²) in [6.07, 6.45) is 9.18. The minimum atomic E-state index is -0.165. The van der Waals surface area contributed by atoms with Crippen LogP contribution < -0.4 is 0 Å². The lowest BCUT2D eigenvalue weighted by Gasteiger charge is -2.17. The van der Waals surface area contributed by atoms with Crippen molar-refractivity contribution in [1.82, 2.24) is 4.98 Å². The fourth-order valence-corrected chi connectivity index (χ4v) is 2.27. The van der Waals surface area contributed by atoms with Crippen molar-refractivity contribution in [3.05, 3.63) is 30.1 Å². The molecule has 1 fully saturated rings. The molecular weight excluding hydrogens is 174 g/mol. The highest BCUT2D eigenvalue weighted by atomic mass is 16.3. The second kappa shape index (κ2) is 4.56. The van der Waals surface area contributed by atoms with E-state index in [0.29, 0.717) is 5.92 Å². The molecule has 1 N–H and O–H groups in total. The summed E-state index contributed by atoms with van der Waals surface area (Å²) in [4.78, 5) is 4.05. The van der Waals surface area contributed by atoms with Gasteiger partial charge in [0.25, 0.3) is 0 Å². The van der Waals surface area contributed by atoms with Gasteiger partial charge in [-0.05, 0) is 30.4 Å². The predicted molar refractivity (Wildman–Crippen MR) is 55.9 cm³/mol. The van der Waals surface area contributed by atoms with Crippen molar-refractivity contribution < 1.29 is 5.11 Å². The van der Waals surface area contributed by atoms with Crippen LogP contribution in [0.15, 0.2) is 24.5 Å². The summed E-state index contributed by atoms with van der Waals surface area (Å²) in [5, 5.41) is 9.97. The van der Waals surface area contributed by atoms with E-state index in [-0.39, 0.29) is 6.10 Å². The summed E-state index contributed by atoms with van der Waals surface area (Å²) < 4.78 is 0. The lowest BCUT2D eigenvalue weighted by molar-refractivity contribution is 0.111. The van der Waals surface area contributed by atoms with Crippen molar-refractivity contribution in [2.45, 2.75) is 38.2 Å². The van der Waals surface area contributed by atoms with Crippen molar-refractivity contribution in [3.63, 3.8) is 0 Å². The number of aliphatic hydroxyl groups is 1. The van der Waals surface area contributed by atoms with Crippen LogP contribution in [0.1, 0.15) is 31.2 Å². The second-order valence-electron chi connectivity index (χ2n) is 4.18. The summed E-state index contributed by atoms with van der Waals surface area (Å²) in [5.41, 5.74) is 1.15. The average Bonchev–Trinajstić information content (AvgIpc) is 2.72. The van der Waals surface area contributed by atoms with E-state index in [1.54, 1.807) is 6.20 Å². The van der Waals surface area contributed by atoms with E-state index in [1.165, 1.54) is 25.7 Å². The van der Waals surface area contributed by atoms with Crippen LogP contribution >= 0.6 is 0 Å². The first-order valence-electron chi connectivity index (χ1n) is 5.43. The van der Waals surface area contributed by atoms with Crippen LogP contribution in [-0.2, 0) is 6.42 Å². The van der Waals surface area contributed by atoms with Gasteiger partial charge < -0.3 is 5.11 Å². The molecule has 0 radical (unpaired) electrons. The second-order valence-corrected chi connectivity index (χ2v) is 4.18. The zero-order valence-electron chi connectivity index (χ0n) is 8.39. The van der Waals surface area contributed by atoms with Crippen molar-refractivity contribution in [2.24, 2.45) is 5.92 Å². The molecule has 0 aromatic carbocycles. The molecule has 1 aromatic rings. The van der Waals surface area contributed by atoms with Gasteiger partial charge in [0.2, 0.25) is 0 Å². The number of aromatic nitrogens is 1. The summed E-state index contributed by atoms with van der Waals surface area (Å²) in [6.45, 7) is 0. The van der Waals surface area contributed by atoms with Gasteiger partial charge in [-0.1, -0.05) is 18.9 Å². The minimum Gasteiger partial charge on any atom is -0.392 e. The maximum Gasteiger partial charge on any atom is 0.0609 e. The zero-order valence-corrected chi connectivity index (χ0v) is 8.39. The first-order chi connectivity index (χ1) is 6.86. The summed E-state index contributed by atoms with van der Waals surface area (Å²) in [7, 11) is 0. The first-order valence-corrected chi connectivity index (χ1v) is 5.43. The van der Waals surface area contributed by atoms with E-state index >= 15 is 0 Å². The Morgan fingerprint density at radius 3 is 2.86 bits per heavy atom. The highest BCUT2D eigenvalue weighted by Gasteiger charge is 2.22. The van der Waals surface area contributed by atoms with Crippen molar-refractivity contribution in [3.8, 4) is 0 Å². The Bertz CT molecular complexity index is 267. The van der Waals surface area contributed by atoms with Gasteiger partial charge in [0.15, 0.2) is 0 Å². The third-order valence-electron chi connectivity index (χ3n) is 3.11. The molecule has 0 spiro atoms. The molecule has 1 aliphatic rings. The molecule has 2 heteroatoms. The van der Waals surface area contributed by atoms with E-state index in [2.05, 4.69) is 4.98 Å². The number of pyridine rings is 1. The van der Waals surface area contributed by atoms with E-state index in [4.69, 9.17) is 0 Å². The molecule has 76 valence electrons. The number of rotatable bonds is 3. The maximum atomic E-state index is 9.97. The monoisotopic (exact) mass is 191 g/mol. The van der Waals surface area contributed by atoms with Crippen molar-refractivity contribution in [2.75, 3.05) is 0 Å². The Morgan fingerprint density at radius 1 is 1.43 bits per heavy atom. The molecule has 14 heavy (non-hydrogen) atoms. The van der Waals surface area contributed by atoms with E-state index in [1.807, 2.05) is 18.3 Å². The van der Waals surface area contributed by atoms with Crippen LogP contribution in [0.4, 0.5) is 0 Å². The Labute approximate surface area is 85.0 Å². The smallest absolute Gasteiger partial charge is 0.0609 e. The Morgan fingerprint density at radius 2 is 2.21 bits per heavy atom. The Balaban J connectivity index is 1.90. The highest BCUT2D eigenvalue weighted by Crippen LogP contribution is 2.28. The maximum absolute atomic E-state index is 9.97. The van der Waals surface area contributed by atoms with Crippen LogP contribution in [0.25, 0.3) is 0 Å². The fraction of sp³-hybridized carbons (Fsp3) is 0.583. The molecule has 1 saturated carbocycles. The van der Waals surface area contributed by atoms with Gasteiger partial charge in [-0.15, -0.1) is 0 Å². The van der Waals surface area contributed by atoms with Crippen LogP contribution in [0.5, 0.6) is 0 Å². The highest BCUT2D eigenvalue weighted by molar-refractivity contribution is 5.09. The van der Waals surface area contributed by atoms with Gasteiger partial charge in [0.05, 0.1) is 6.10 Å². The Kier molecular flexibility index (Phi) is 3.14. The minimum absolute atomic E-state index is 0.165. The average molecular weight is 191 g/mol. The summed E-state index contributed by atoms with van der Waals surface area (Å²) in [5.74, 6) is 0.523. The zero-order chi connectivity index (χ0) is 9.80. The van der Waals surface area contributed by atoms with Gasteiger partial charge in [0, 0.05) is 18.8 Å². The molecule has 0 aliphatic heterocycles. The number of aliphatic hydroxyl groups excluding tert-OH is 1. The standard InChI is InChI=1S/C12H17NO/c14-12(11-5-1-2-6-11)8-10-4-3-7-13-9-10/h3-4,7,9,11-12,14H,1-2,5-6,8H2. The van der Waals surface area contributed by atoms with Crippen LogP contribution in [0.2, 0.25) is 0 Å². The predicted octanol–water partition coefficient (Wildman–Crippen LogP) is 2.18. The third-order valence-corrected chi connectivity index (χ3v) is 3.11. The van der Waals surface area contributed by atoms with Crippen molar-refractivity contribution >= 4 is 0 Å². The molecule has 0 bridgehead atoms. The van der Waals surface area contributed by atoms with E-state index in [9.17, 15) is 5.11 Å². The van der Waals surface area contributed by atoms with Gasteiger partial charge in [-0.3, -0.25) is 4.98 Å². The molecule has 0 saturated heterocycles. The quantitative estimate of drug-likeness (QED) is 0.794. The third kappa shape index (κ3) is 2.32. The molecular formula is C12H17NO. The van der Waals surface area contributed by atoms with Crippen LogP contribution in [0.3, 0.4) is 0 Å². The molecule has 1 atom stereocenters. The van der Waals surface area contributed by atoms with Gasteiger partial charge in [-0.2, -0.15) is 0 Å². The summed E-state index contributed by atoms with van der Waals surface area (Å²) >= 11 is 0.